The highest BCUT2D eigenvalue weighted by molar-refractivity contribution is 5.87. The normalized spacial score (nSPS) is 65.2. The van der Waals surface area contributed by atoms with E-state index in [0.717, 1.165) is 24.2 Å². The van der Waals surface area contributed by atoms with Crippen LogP contribution in [0.25, 0.3) is 0 Å². The van der Waals surface area contributed by atoms with Crippen LogP contribution in [0.5, 0.6) is 0 Å². The molecular weight excluding hydrogens is 148 g/mol. The van der Waals surface area contributed by atoms with Crippen molar-refractivity contribution in [2.24, 2.45) is 29.1 Å². The quantitative estimate of drug-likeness (QED) is 0.532. The minimum Gasteiger partial charge on any atom is -0.299 e. The first-order chi connectivity index (χ1) is 5.83. The van der Waals surface area contributed by atoms with Crippen LogP contribution in [0.3, 0.4) is 0 Å². The van der Waals surface area contributed by atoms with Gasteiger partial charge in [-0.1, -0.05) is 0 Å². The first-order valence-corrected chi connectivity index (χ1v) is 5.36. The van der Waals surface area contributed by atoms with Crippen LogP contribution in [-0.2, 0) is 4.79 Å². The molecule has 1 nitrogen and oxygen atoms in total. The summed E-state index contributed by atoms with van der Waals surface area (Å²) in [6, 6.07) is 0. The molecule has 0 radical (unpaired) electrons. The maximum atomic E-state index is 11.6. The fraction of sp³-hybridized carbons (Fsp3) is 0.909. The average molecular weight is 162 g/mol. The van der Waals surface area contributed by atoms with Gasteiger partial charge in [0.2, 0.25) is 0 Å². The largest absolute Gasteiger partial charge is 0.299 e. The van der Waals surface area contributed by atoms with Crippen LogP contribution in [0.15, 0.2) is 0 Å². The molecule has 12 heavy (non-hydrogen) atoms. The van der Waals surface area contributed by atoms with Crippen LogP contribution in [0.4, 0.5) is 0 Å². The SMILES string of the molecule is O=C1CC2CC3CCC4CC1C324. The molecule has 4 rings (SSSR count). The Morgan fingerprint density at radius 2 is 1.83 bits per heavy atom. The number of hydrogen-bond acceptors (Lipinski definition) is 1. The van der Waals surface area contributed by atoms with Crippen LogP contribution >= 0.6 is 0 Å². The Hall–Kier alpha value is -0.330. The number of ketones is 1. The highest BCUT2D eigenvalue weighted by Crippen LogP contribution is 2.79. The maximum Gasteiger partial charge on any atom is 0.136 e. The van der Waals surface area contributed by atoms with Gasteiger partial charge in [0.05, 0.1) is 0 Å². The van der Waals surface area contributed by atoms with E-state index >= 15 is 0 Å². The molecule has 0 N–H and O–H groups in total. The smallest absolute Gasteiger partial charge is 0.136 e. The minimum atomic E-state index is 0.550. The van der Waals surface area contributed by atoms with Crippen LogP contribution in [-0.4, -0.2) is 5.78 Å². The molecule has 1 spiro atoms. The molecule has 0 amide bonds. The number of carbonyl (C=O) groups excluding carboxylic acids is 1. The number of Topliss-reactive ketones (excluding diaryl/α,β-unsaturated/α-hetero) is 1. The molecule has 0 aromatic carbocycles. The molecule has 5 unspecified atom stereocenters. The van der Waals surface area contributed by atoms with Crippen LogP contribution in [0.1, 0.15) is 32.1 Å². The molecule has 0 bridgehead atoms. The molecule has 0 aliphatic heterocycles. The van der Waals surface area contributed by atoms with Gasteiger partial charge in [0, 0.05) is 12.3 Å². The highest BCUT2D eigenvalue weighted by atomic mass is 16.1. The monoisotopic (exact) mass is 162 g/mol. The Balaban J connectivity index is 1.87. The predicted molar refractivity (Wildman–Crippen MR) is 44.5 cm³/mol. The Labute approximate surface area is 72.5 Å². The summed E-state index contributed by atoms with van der Waals surface area (Å²) in [6.07, 6.45) is 6.53. The molecule has 64 valence electrons. The van der Waals surface area contributed by atoms with Crippen molar-refractivity contribution in [1.29, 1.82) is 0 Å². The molecular formula is C11H14O. The summed E-state index contributed by atoms with van der Waals surface area (Å²) in [5.74, 6) is 3.99. The summed E-state index contributed by atoms with van der Waals surface area (Å²) in [5.41, 5.74) is 0.622. The van der Waals surface area contributed by atoms with Crippen molar-refractivity contribution < 1.29 is 4.79 Å². The van der Waals surface area contributed by atoms with E-state index in [1.165, 1.54) is 25.7 Å². The topological polar surface area (TPSA) is 17.1 Å². The van der Waals surface area contributed by atoms with Gasteiger partial charge in [0.15, 0.2) is 0 Å². The second-order valence-corrected chi connectivity index (χ2v) is 5.36. The first-order valence-electron chi connectivity index (χ1n) is 5.36. The van der Waals surface area contributed by atoms with E-state index in [2.05, 4.69) is 0 Å². The van der Waals surface area contributed by atoms with Crippen molar-refractivity contribution in [3.63, 3.8) is 0 Å². The highest BCUT2D eigenvalue weighted by Gasteiger charge is 2.75. The summed E-state index contributed by atoms with van der Waals surface area (Å²) < 4.78 is 0. The molecule has 0 heterocycles. The van der Waals surface area contributed by atoms with Crippen molar-refractivity contribution in [3.05, 3.63) is 0 Å². The third-order valence-electron chi connectivity index (χ3n) is 5.51. The van der Waals surface area contributed by atoms with Crippen molar-refractivity contribution in [2.45, 2.75) is 32.1 Å². The zero-order chi connectivity index (χ0) is 7.92. The Kier molecular flexibility index (Phi) is 0.779. The molecule has 4 fully saturated rings. The van der Waals surface area contributed by atoms with Gasteiger partial charge >= 0.3 is 0 Å². The molecule has 0 aromatic rings. The first kappa shape index (κ1) is 6.17. The lowest BCUT2D eigenvalue weighted by Crippen LogP contribution is -2.57. The fourth-order valence-corrected chi connectivity index (χ4v) is 5.17. The fourth-order valence-electron chi connectivity index (χ4n) is 5.17. The van der Waals surface area contributed by atoms with E-state index < -0.39 is 0 Å². The van der Waals surface area contributed by atoms with Crippen molar-refractivity contribution >= 4 is 5.78 Å². The van der Waals surface area contributed by atoms with E-state index in [1.54, 1.807) is 0 Å². The van der Waals surface area contributed by atoms with Gasteiger partial charge in [-0.25, -0.2) is 0 Å². The molecule has 5 atom stereocenters. The van der Waals surface area contributed by atoms with E-state index in [1.807, 2.05) is 0 Å². The molecule has 4 aliphatic rings. The number of rotatable bonds is 0. The van der Waals surface area contributed by atoms with E-state index in [9.17, 15) is 4.79 Å². The van der Waals surface area contributed by atoms with E-state index in [0.29, 0.717) is 17.1 Å². The number of hydrogen-bond donors (Lipinski definition) is 0. The van der Waals surface area contributed by atoms with E-state index in [4.69, 9.17) is 0 Å². The van der Waals surface area contributed by atoms with Gasteiger partial charge in [0.1, 0.15) is 5.78 Å². The van der Waals surface area contributed by atoms with Crippen LogP contribution in [0, 0.1) is 29.1 Å². The van der Waals surface area contributed by atoms with Gasteiger partial charge in [-0.05, 0) is 48.9 Å². The average Bonchev–Trinajstić information content (AvgIpc) is 2.27. The predicted octanol–water partition coefficient (Wildman–Crippen LogP) is 2.01. The second-order valence-electron chi connectivity index (χ2n) is 5.36. The second kappa shape index (κ2) is 1.51. The third kappa shape index (κ3) is 0.364. The van der Waals surface area contributed by atoms with Gasteiger partial charge in [-0.3, -0.25) is 4.79 Å². The summed E-state index contributed by atoms with van der Waals surface area (Å²) in [6.45, 7) is 0. The van der Waals surface area contributed by atoms with Gasteiger partial charge < -0.3 is 0 Å². The zero-order valence-electron chi connectivity index (χ0n) is 7.25. The summed E-state index contributed by atoms with van der Waals surface area (Å²) in [5, 5.41) is 0. The summed E-state index contributed by atoms with van der Waals surface area (Å²) in [7, 11) is 0. The lowest BCUT2D eigenvalue weighted by Gasteiger charge is -2.61. The Morgan fingerprint density at radius 1 is 1.08 bits per heavy atom. The van der Waals surface area contributed by atoms with Gasteiger partial charge in [0.25, 0.3) is 0 Å². The zero-order valence-corrected chi connectivity index (χ0v) is 7.25. The third-order valence-corrected chi connectivity index (χ3v) is 5.51. The van der Waals surface area contributed by atoms with Crippen LogP contribution in [0.2, 0.25) is 0 Å². The van der Waals surface area contributed by atoms with Crippen LogP contribution < -0.4 is 0 Å². The molecule has 1 heteroatoms. The van der Waals surface area contributed by atoms with Crippen molar-refractivity contribution in [1.82, 2.24) is 0 Å². The molecule has 4 saturated carbocycles. The number of carbonyl (C=O) groups is 1. The van der Waals surface area contributed by atoms with Crippen molar-refractivity contribution in [2.75, 3.05) is 0 Å². The summed E-state index contributed by atoms with van der Waals surface area (Å²) in [4.78, 5) is 11.6. The Morgan fingerprint density at radius 3 is 2.50 bits per heavy atom. The molecule has 4 aliphatic carbocycles. The maximum absolute atomic E-state index is 11.6. The lowest BCUT2D eigenvalue weighted by atomic mass is 9.42. The van der Waals surface area contributed by atoms with Crippen molar-refractivity contribution in [3.8, 4) is 0 Å². The van der Waals surface area contributed by atoms with Gasteiger partial charge in [-0.15, -0.1) is 0 Å². The lowest BCUT2D eigenvalue weighted by molar-refractivity contribution is -0.156. The molecule has 0 aromatic heterocycles. The standard InChI is InChI=1S/C11H14O/c12-10-5-8-3-6-1-2-7-4-9(10)11(6,7)8/h6-9H,1-5H2. The minimum absolute atomic E-state index is 0.550. The van der Waals surface area contributed by atoms with Gasteiger partial charge in [-0.2, -0.15) is 0 Å². The van der Waals surface area contributed by atoms with E-state index in [-0.39, 0.29) is 0 Å². The molecule has 0 saturated heterocycles. The summed E-state index contributed by atoms with van der Waals surface area (Å²) >= 11 is 0. The Bertz CT molecular complexity index is 275.